The number of thioether (sulfide) groups is 1. The molecule has 1 unspecified atom stereocenters. The second kappa shape index (κ2) is 9.24. The molecule has 6 nitrogen and oxygen atoms in total. The minimum Gasteiger partial charge on any atom is -0.378 e. The van der Waals surface area contributed by atoms with Gasteiger partial charge in [0, 0.05) is 13.1 Å². The normalized spacial score (nSPS) is 15.4. The van der Waals surface area contributed by atoms with Gasteiger partial charge in [-0.2, -0.15) is 0 Å². The summed E-state index contributed by atoms with van der Waals surface area (Å²) in [5, 5.41) is 0.729. The van der Waals surface area contributed by atoms with E-state index in [0.29, 0.717) is 42.4 Å². The van der Waals surface area contributed by atoms with Crippen molar-refractivity contribution in [2.24, 2.45) is 0 Å². The highest BCUT2D eigenvalue weighted by Gasteiger charge is 2.26. The Morgan fingerprint density at radius 2 is 1.71 bits per heavy atom. The Bertz CT molecular complexity index is 1150. The first-order valence-electron chi connectivity index (χ1n) is 10.6. The van der Waals surface area contributed by atoms with Crippen LogP contribution in [0.15, 0.2) is 58.5 Å². The van der Waals surface area contributed by atoms with E-state index in [2.05, 4.69) is 13.8 Å². The second-order valence-electron chi connectivity index (χ2n) is 7.96. The van der Waals surface area contributed by atoms with Gasteiger partial charge in [0.2, 0.25) is 5.91 Å². The van der Waals surface area contributed by atoms with E-state index in [0.717, 1.165) is 11.3 Å². The van der Waals surface area contributed by atoms with Crippen molar-refractivity contribution < 1.29 is 9.53 Å². The van der Waals surface area contributed by atoms with Crippen LogP contribution in [0, 0.1) is 0 Å². The van der Waals surface area contributed by atoms with Crippen LogP contribution in [0.5, 0.6) is 0 Å². The maximum Gasteiger partial charge on any atom is 0.266 e. The molecular formula is C24H27N3O3S. The minimum absolute atomic E-state index is 0.0411. The van der Waals surface area contributed by atoms with E-state index in [1.807, 2.05) is 54.3 Å². The number of benzene rings is 2. The molecule has 7 heteroatoms. The molecule has 1 fully saturated rings. The van der Waals surface area contributed by atoms with Crippen LogP contribution >= 0.6 is 11.8 Å². The van der Waals surface area contributed by atoms with E-state index in [4.69, 9.17) is 9.72 Å². The summed E-state index contributed by atoms with van der Waals surface area (Å²) in [7, 11) is 0. The van der Waals surface area contributed by atoms with Crippen molar-refractivity contribution in [3.05, 3.63) is 64.4 Å². The van der Waals surface area contributed by atoms with E-state index in [-0.39, 0.29) is 22.6 Å². The first-order chi connectivity index (χ1) is 15.0. The van der Waals surface area contributed by atoms with E-state index >= 15 is 0 Å². The standard InChI is InChI=1S/C24H27N3O3S/c1-16(2)18-8-5-7-11-21(18)27-23(29)19-9-4-6-10-20(19)25-24(27)31-17(3)22(28)26-12-14-30-15-13-26/h4-11,16-17H,12-15H2,1-3H3. The monoisotopic (exact) mass is 437 g/mol. The van der Waals surface area contributed by atoms with E-state index in [1.54, 1.807) is 10.6 Å². The number of nitrogens with zero attached hydrogens (tertiary/aromatic N) is 3. The zero-order chi connectivity index (χ0) is 22.0. The molecule has 0 aliphatic carbocycles. The molecule has 1 aliphatic heterocycles. The van der Waals surface area contributed by atoms with Crippen molar-refractivity contribution in [1.82, 2.24) is 14.5 Å². The van der Waals surface area contributed by atoms with Crippen molar-refractivity contribution in [2.75, 3.05) is 26.3 Å². The largest absolute Gasteiger partial charge is 0.378 e. The van der Waals surface area contributed by atoms with E-state index in [1.165, 1.54) is 11.8 Å². The minimum atomic E-state index is -0.372. The summed E-state index contributed by atoms with van der Waals surface area (Å²) in [6.07, 6.45) is 0. The lowest BCUT2D eigenvalue weighted by molar-refractivity contribution is -0.134. The predicted molar refractivity (Wildman–Crippen MR) is 124 cm³/mol. The lowest BCUT2D eigenvalue weighted by Gasteiger charge is -2.29. The van der Waals surface area contributed by atoms with E-state index < -0.39 is 0 Å². The third-order valence-corrected chi connectivity index (χ3v) is 6.54. The van der Waals surface area contributed by atoms with Crippen LogP contribution < -0.4 is 5.56 Å². The van der Waals surface area contributed by atoms with Crippen LogP contribution in [0.3, 0.4) is 0 Å². The lowest BCUT2D eigenvalue weighted by atomic mass is 10.0. The smallest absolute Gasteiger partial charge is 0.266 e. The molecule has 4 rings (SSSR count). The number of amides is 1. The number of carbonyl (C=O) groups excluding carboxylic acids is 1. The molecule has 1 atom stereocenters. The number of rotatable bonds is 5. The Morgan fingerprint density at radius 3 is 2.45 bits per heavy atom. The summed E-state index contributed by atoms with van der Waals surface area (Å²) in [6.45, 7) is 8.40. The SMILES string of the molecule is CC(Sc1nc2ccccc2c(=O)n1-c1ccccc1C(C)C)C(=O)N1CCOCC1. The van der Waals surface area contributed by atoms with Gasteiger partial charge in [-0.05, 0) is 36.6 Å². The average Bonchev–Trinajstić information content (AvgIpc) is 2.79. The quantitative estimate of drug-likeness (QED) is 0.448. The van der Waals surface area contributed by atoms with Crippen LogP contribution in [-0.4, -0.2) is 51.9 Å². The van der Waals surface area contributed by atoms with Crippen LogP contribution in [0.4, 0.5) is 0 Å². The molecule has 1 saturated heterocycles. The number of ether oxygens (including phenoxy) is 1. The summed E-state index contributed by atoms with van der Waals surface area (Å²) in [5.41, 5.74) is 2.40. The van der Waals surface area contributed by atoms with Crippen molar-refractivity contribution in [3.8, 4) is 5.69 Å². The fourth-order valence-corrected chi connectivity index (χ4v) is 4.84. The van der Waals surface area contributed by atoms with Gasteiger partial charge in [0.1, 0.15) is 0 Å². The lowest BCUT2D eigenvalue weighted by Crippen LogP contribution is -2.44. The van der Waals surface area contributed by atoms with Gasteiger partial charge in [0.05, 0.1) is 35.1 Å². The number of aromatic nitrogens is 2. The molecule has 162 valence electrons. The fourth-order valence-electron chi connectivity index (χ4n) is 3.83. The molecule has 3 aromatic rings. The van der Waals surface area contributed by atoms with Crippen LogP contribution in [-0.2, 0) is 9.53 Å². The molecule has 1 aliphatic rings. The summed E-state index contributed by atoms with van der Waals surface area (Å²) in [6, 6.07) is 15.3. The Kier molecular flexibility index (Phi) is 6.43. The maximum atomic E-state index is 13.6. The van der Waals surface area contributed by atoms with Gasteiger partial charge < -0.3 is 9.64 Å². The first-order valence-corrected chi connectivity index (χ1v) is 11.5. The highest BCUT2D eigenvalue weighted by Crippen LogP contribution is 2.29. The summed E-state index contributed by atoms with van der Waals surface area (Å²) in [5.74, 6) is 0.277. The predicted octanol–water partition coefficient (Wildman–Crippen LogP) is 3.85. The molecule has 31 heavy (non-hydrogen) atoms. The Hall–Kier alpha value is -2.64. The van der Waals surface area contributed by atoms with Gasteiger partial charge >= 0.3 is 0 Å². The second-order valence-corrected chi connectivity index (χ2v) is 9.27. The van der Waals surface area contributed by atoms with Crippen molar-refractivity contribution in [3.63, 3.8) is 0 Å². The van der Waals surface area contributed by atoms with Crippen molar-refractivity contribution in [2.45, 2.75) is 37.1 Å². The number of hydrogen-bond donors (Lipinski definition) is 0. The molecule has 1 amide bonds. The number of carbonyl (C=O) groups is 1. The summed E-state index contributed by atoms with van der Waals surface area (Å²) in [4.78, 5) is 33.2. The Balaban J connectivity index is 1.82. The van der Waals surface area contributed by atoms with Gasteiger partial charge in [0.25, 0.3) is 5.56 Å². The van der Waals surface area contributed by atoms with Gasteiger partial charge in [-0.3, -0.25) is 14.2 Å². The number of morpholine rings is 1. The highest BCUT2D eigenvalue weighted by molar-refractivity contribution is 8.00. The number of fused-ring (bicyclic) bond motifs is 1. The molecule has 0 saturated carbocycles. The zero-order valence-electron chi connectivity index (χ0n) is 18.1. The summed E-state index contributed by atoms with van der Waals surface area (Å²) < 4.78 is 7.04. The van der Waals surface area contributed by atoms with Crippen LogP contribution in [0.25, 0.3) is 16.6 Å². The molecule has 1 aromatic heterocycles. The fraction of sp³-hybridized carbons (Fsp3) is 0.375. The molecule has 2 heterocycles. The maximum absolute atomic E-state index is 13.6. The van der Waals surface area contributed by atoms with Gasteiger partial charge in [-0.15, -0.1) is 0 Å². The van der Waals surface area contributed by atoms with Crippen molar-refractivity contribution in [1.29, 1.82) is 0 Å². The van der Waals surface area contributed by atoms with Gasteiger partial charge in [-0.1, -0.05) is 55.9 Å². The third-order valence-electron chi connectivity index (χ3n) is 5.50. The highest BCUT2D eigenvalue weighted by atomic mass is 32.2. The number of para-hydroxylation sites is 2. The van der Waals surface area contributed by atoms with Crippen molar-refractivity contribution >= 4 is 28.6 Å². The first kappa shape index (κ1) is 21.6. The zero-order valence-corrected chi connectivity index (χ0v) is 18.9. The van der Waals surface area contributed by atoms with Gasteiger partial charge in [-0.25, -0.2) is 4.98 Å². The molecule has 0 bridgehead atoms. The average molecular weight is 438 g/mol. The molecule has 0 radical (unpaired) electrons. The van der Waals surface area contributed by atoms with Crippen LogP contribution in [0.1, 0.15) is 32.3 Å². The Morgan fingerprint density at radius 1 is 1.03 bits per heavy atom. The molecule has 0 N–H and O–H groups in total. The van der Waals surface area contributed by atoms with E-state index in [9.17, 15) is 9.59 Å². The Labute approximate surface area is 186 Å². The molecule has 2 aromatic carbocycles. The van der Waals surface area contributed by atoms with Crippen LogP contribution in [0.2, 0.25) is 0 Å². The summed E-state index contributed by atoms with van der Waals surface area (Å²) >= 11 is 1.34. The third kappa shape index (κ3) is 4.38. The number of hydrogen-bond acceptors (Lipinski definition) is 5. The van der Waals surface area contributed by atoms with Gasteiger partial charge in [0.15, 0.2) is 5.16 Å². The molecular weight excluding hydrogens is 410 g/mol. The molecule has 0 spiro atoms. The topological polar surface area (TPSA) is 64.4 Å².